The second-order valence-corrected chi connectivity index (χ2v) is 20.0. The molecule has 1 fully saturated rings. The average molecular weight is 904 g/mol. The maximum absolute atomic E-state index is 13.0. The second-order valence-electron chi connectivity index (χ2n) is 18.5. The summed E-state index contributed by atoms with van der Waals surface area (Å²) >= 11 is 0. The van der Waals surface area contributed by atoms with Gasteiger partial charge in [-0.05, 0) is 19.3 Å². The van der Waals surface area contributed by atoms with E-state index in [4.69, 9.17) is 9.47 Å². The fourth-order valence-corrected chi connectivity index (χ4v) is 9.62. The third-order valence-electron chi connectivity index (χ3n) is 12.7. The van der Waals surface area contributed by atoms with Gasteiger partial charge in [0.1, 0.15) is 23.6 Å². The van der Waals surface area contributed by atoms with Crippen LogP contribution in [-0.2, 0) is 24.4 Å². The van der Waals surface area contributed by atoms with Crippen molar-refractivity contribution in [2.24, 2.45) is 0 Å². The summed E-state index contributed by atoms with van der Waals surface area (Å²) in [6, 6.07) is -0.944. The number of aliphatic hydroxyl groups excluding tert-OH is 4. The molecule has 0 aromatic heterocycles. The Balaban J connectivity index is 2.35. The summed E-state index contributed by atoms with van der Waals surface area (Å²) in [5.74, 6) is -0.260. The number of nitrogens with one attached hydrogen (secondary N) is 1. The molecule has 0 saturated carbocycles. The van der Waals surface area contributed by atoms with Gasteiger partial charge in [0, 0.05) is 6.42 Å². The van der Waals surface area contributed by atoms with Gasteiger partial charge in [0.15, 0.2) is 6.29 Å². The number of ether oxygens (including phenoxy) is 2. The summed E-state index contributed by atoms with van der Waals surface area (Å²) in [4.78, 5) is 13.0. The summed E-state index contributed by atoms with van der Waals surface area (Å²) in [5, 5.41) is 42.5. The lowest BCUT2D eigenvalue weighted by Crippen LogP contribution is -2.62. The lowest BCUT2D eigenvalue weighted by molar-refractivity contribution is -0.270. The second kappa shape index (κ2) is 40.2. The van der Waals surface area contributed by atoms with Crippen LogP contribution in [0.2, 0.25) is 0 Å². The van der Waals surface area contributed by atoms with Crippen LogP contribution in [0.15, 0.2) is 12.2 Å². The van der Waals surface area contributed by atoms with E-state index in [0.717, 1.165) is 38.5 Å². The zero-order valence-corrected chi connectivity index (χ0v) is 40.6. The van der Waals surface area contributed by atoms with Crippen LogP contribution in [0.4, 0.5) is 0 Å². The molecule has 1 aliphatic rings. The highest BCUT2D eigenvalue weighted by atomic mass is 32.2. The molecule has 1 heterocycles. The number of carbonyl (C=O) groups excluding carboxylic acids is 1. The van der Waals surface area contributed by atoms with Crippen molar-refractivity contribution in [3.05, 3.63) is 12.2 Å². The molecule has 0 radical (unpaired) electrons. The van der Waals surface area contributed by atoms with Crippen LogP contribution >= 0.6 is 0 Å². The van der Waals surface area contributed by atoms with Gasteiger partial charge in [-0.15, -0.1) is 0 Å². The van der Waals surface area contributed by atoms with Crippen molar-refractivity contribution in [2.75, 3.05) is 13.2 Å². The molecule has 12 heteroatoms. The van der Waals surface area contributed by atoms with Gasteiger partial charge in [-0.3, -0.25) is 9.35 Å². The van der Waals surface area contributed by atoms with Crippen LogP contribution in [0, 0.1) is 0 Å². The Kier molecular flexibility index (Phi) is 38.2. The SMILES string of the molecule is CCCCCCCCCCCCC/C=C/[C@@H](O)[C@H](CO[C@@H]1O[C@H](CO)[C@H](O)[C@H](S(=O)(=O)O)[C@H]1O)NC(=O)CCCCCCCCCCCCCCCCCCCCCCCCC. The Bertz CT molecular complexity index is 1160. The van der Waals surface area contributed by atoms with E-state index in [1.807, 2.05) is 6.08 Å². The molecule has 0 unspecified atom stereocenters. The molecular weight excluding hydrogens is 807 g/mol. The van der Waals surface area contributed by atoms with Gasteiger partial charge in [-0.1, -0.05) is 231 Å². The Morgan fingerprint density at radius 2 is 0.984 bits per heavy atom. The number of aliphatic hydroxyl groups is 4. The highest BCUT2D eigenvalue weighted by Crippen LogP contribution is 2.27. The maximum Gasteiger partial charge on any atom is 0.273 e. The number of hydrogen-bond acceptors (Lipinski definition) is 9. The number of unbranched alkanes of at least 4 members (excludes halogenated alkanes) is 33. The molecule has 62 heavy (non-hydrogen) atoms. The molecule has 1 saturated heterocycles. The molecule has 0 spiro atoms. The largest absolute Gasteiger partial charge is 0.394 e. The summed E-state index contributed by atoms with van der Waals surface area (Å²) in [6.07, 6.45) is 39.9. The molecule has 0 aromatic rings. The fraction of sp³-hybridized carbons (Fsp3) is 0.940. The van der Waals surface area contributed by atoms with E-state index in [9.17, 15) is 38.2 Å². The van der Waals surface area contributed by atoms with E-state index in [2.05, 4.69) is 19.2 Å². The monoisotopic (exact) mass is 904 g/mol. The highest BCUT2D eigenvalue weighted by molar-refractivity contribution is 7.86. The Labute approximate surface area is 380 Å². The minimum Gasteiger partial charge on any atom is -0.394 e. The van der Waals surface area contributed by atoms with E-state index < -0.39 is 58.7 Å². The van der Waals surface area contributed by atoms with Gasteiger partial charge in [-0.2, -0.15) is 8.42 Å². The molecule has 0 aliphatic carbocycles. The topological polar surface area (TPSA) is 183 Å². The van der Waals surface area contributed by atoms with Gasteiger partial charge in [0.25, 0.3) is 10.1 Å². The first-order valence-corrected chi connectivity index (χ1v) is 27.4. The predicted molar refractivity (Wildman–Crippen MR) is 254 cm³/mol. The molecular formula is C50H97NO10S. The molecule has 1 aliphatic heterocycles. The van der Waals surface area contributed by atoms with Crippen LogP contribution in [0.3, 0.4) is 0 Å². The smallest absolute Gasteiger partial charge is 0.273 e. The molecule has 0 aromatic carbocycles. The first kappa shape index (κ1) is 58.9. The molecule has 7 atom stereocenters. The van der Waals surface area contributed by atoms with Gasteiger partial charge in [0.05, 0.1) is 25.4 Å². The van der Waals surface area contributed by atoms with Gasteiger partial charge >= 0.3 is 0 Å². The normalized spacial score (nSPS) is 20.5. The number of allylic oxidation sites excluding steroid dienone is 1. The lowest BCUT2D eigenvalue weighted by Gasteiger charge is -2.40. The lowest BCUT2D eigenvalue weighted by atomic mass is 10.0. The van der Waals surface area contributed by atoms with E-state index >= 15 is 0 Å². The van der Waals surface area contributed by atoms with Crippen LogP contribution in [-0.4, -0.2) is 94.5 Å². The molecule has 1 amide bonds. The summed E-state index contributed by atoms with van der Waals surface area (Å²) in [6.45, 7) is 3.37. The van der Waals surface area contributed by atoms with Crippen molar-refractivity contribution < 1.29 is 47.7 Å². The zero-order chi connectivity index (χ0) is 45.5. The van der Waals surface area contributed by atoms with E-state index in [1.54, 1.807) is 6.08 Å². The Morgan fingerprint density at radius 1 is 0.613 bits per heavy atom. The van der Waals surface area contributed by atoms with E-state index in [0.29, 0.717) is 6.42 Å². The van der Waals surface area contributed by atoms with Gasteiger partial charge < -0.3 is 35.2 Å². The molecule has 0 bridgehead atoms. The third kappa shape index (κ3) is 30.9. The van der Waals surface area contributed by atoms with Crippen molar-refractivity contribution >= 4 is 16.0 Å². The van der Waals surface area contributed by atoms with Crippen LogP contribution < -0.4 is 5.32 Å². The van der Waals surface area contributed by atoms with Crippen molar-refractivity contribution in [1.82, 2.24) is 5.32 Å². The summed E-state index contributed by atoms with van der Waals surface area (Å²) in [7, 11) is -4.94. The average Bonchev–Trinajstić information content (AvgIpc) is 3.24. The van der Waals surface area contributed by atoms with Crippen molar-refractivity contribution in [3.8, 4) is 0 Å². The van der Waals surface area contributed by atoms with Crippen LogP contribution in [0.5, 0.6) is 0 Å². The Hall–Kier alpha value is -1.12. The minimum atomic E-state index is -4.94. The van der Waals surface area contributed by atoms with Crippen molar-refractivity contribution in [1.29, 1.82) is 0 Å². The number of hydrogen-bond donors (Lipinski definition) is 6. The van der Waals surface area contributed by atoms with Gasteiger partial charge in [0.2, 0.25) is 5.91 Å². The quantitative estimate of drug-likeness (QED) is 0.0195. The Morgan fingerprint density at radius 3 is 1.35 bits per heavy atom. The van der Waals surface area contributed by atoms with Crippen molar-refractivity contribution in [3.63, 3.8) is 0 Å². The first-order chi connectivity index (χ1) is 30.1. The highest BCUT2D eigenvalue weighted by Gasteiger charge is 2.51. The third-order valence-corrected chi connectivity index (χ3v) is 13.9. The fourth-order valence-electron chi connectivity index (χ4n) is 8.61. The molecule has 368 valence electrons. The summed E-state index contributed by atoms with van der Waals surface area (Å²) in [5.41, 5.74) is 0. The first-order valence-electron chi connectivity index (χ1n) is 25.9. The van der Waals surface area contributed by atoms with Crippen LogP contribution in [0.1, 0.15) is 245 Å². The van der Waals surface area contributed by atoms with E-state index in [1.165, 1.54) is 180 Å². The molecule has 6 N–H and O–H groups in total. The molecule has 1 rings (SSSR count). The van der Waals surface area contributed by atoms with E-state index in [-0.39, 0.29) is 18.9 Å². The standard InChI is InChI=1S/C50H97NO10S/c1-3-5-7-9-11-13-15-17-18-19-20-21-22-23-24-25-26-28-30-32-34-36-38-40-46(54)51-43(42-60-50-48(56)49(62(57,58)59)47(55)45(41-52)61-50)44(53)39-37-35-33-31-29-27-16-14-12-10-8-6-4-2/h37,39,43-45,47-50,52-53,55-56H,3-36,38,40-42H2,1-2H3,(H,51,54)(H,57,58,59)/b39-37+/t43-,44+,45+,47-,48+,49-,50+/m0/s1. The minimum absolute atomic E-state index is 0.260. The summed E-state index contributed by atoms with van der Waals surface area (Å²) < 4.78 is 44.7. The molecule has 11 nitrogen and oxygen atoms in total. The number of carbonyl (C=O) groups is 1. The zero-order valence-electron chi connectivity index (χ0n) is 39.8. The number of amides is 1. The van der Waals surface area contributed by atoms with Gasteiger partial charge in [-0.25, -0.2) is 0 Å². The maximum atomic E-state index is 13.0. The predicted octanol–water partition coefficient (Wildman–Crippen LogP) is 11.2. The van der Waals surface area contributed by atoms with Crippen LogP contribution in [0.25, 0.3) is 0 Å². The number of rotatable bonds is 44. The van der Waals surface area contributed by atoms with Crippen molar-refractivity contribution in [2.45, 2.75) is 287 Å².